The summed E-state index contributed by atoms with van der Waals surface area (Å²) in [5.41, 5.74) is 0.748. The zero-order valence-electron chi connectivity index (χ0n) is 4.85. The Labute approximate surface area is 48.2 Å². The first kappa shape index (κ1) is 7.17. The van der Waals surface area contributed by atoms with Crippen LogP contribution in [0.1, 0.15) is 19.8 Å². The number of hydrogen-bond donors (Lipinski definition) is 0. The summed E-state index contributed by atoms with van der Waals surface area (Å²) in [4.78, 5) is 0. The monoisotopic (exact) mass is 116 g/mol. The highest BCUT2D eigenvalue weighted by Crippen LogP contribution is 2.05. The fourth-order valence-corrected chi connectivity index (χ4v) is 0.573. The predicted molar refractivity (Wildman–Crippen MR) is 38.6 cm³/mol. The van der Waals surface area contributed by atoms with Crippen LogP contribution in [0.3, 0.4) is 0 Å². The van der Waals surface area contributed by atoms with E-state index in [-0.39, 0.29) is 0 Å². The molecular formula is C6H13P. The highest BCUT2D eigenvalue weighted by molar-refractivity contribution is 7.17. The Balaban J connectivity index is 2.81. The zero-order chi connectivity index (χ0) is 5.70. The van der Waals surface area contributed by atoms with Crippen molar-refractivity contribution >= 4 is 9.24 Å². The van der Waals surface area contributed by atoms with Gasteiger partial charge in [0.15, 0.2) is 0 Å². The fourth-order valence-electron chi connectivity index (χ4n) is 0.381. The fraction of sp³-hybridized carbons (Fsp3) is 0.667. The number of rotatable bonds is 3. The van der Waals surface area contributed by atoms with Crippen molar-refractivity contribution in [1.82, 2.24) is 0 Å². The summed E-state index contributed by atoms with van der Waals surface area (Å²) in [6, 6.07) is 0. The molecule has 1 heteroatoms. The van der Waals surface area contributed by atoms with Gasteiger partial charge in [0.1, 0.15) is 0 Å². The summed E-state index contributed by atoms with van der Waals surface area (Å²) < 4.78 is 0. The summed E-state index contributed by atoms with van der Waals surface area (Å²) in [6.07, 6.45) is 4.35. The van der Waals surface area contributed by atoms with Crippen LogP contribution in [0.5, 0.6) is 0 Å². The lowest BCUT2D eigenvalue weighted by Crippen LogP contribution is -1.85. The molecule has 0 aromatic carbocycles. The highest BCUT2D eigenvalue weighted by Gasteiger charge is 1.87. The minimum atomic E-state index is 0.748. The third-order valence-corrected chi connectivity index (χ3v) is 1.16. The maximum Gasteiger partial charge on any atom is -0.0290 e. The lowest BCUT2D eigenvalue weighted by Gasteiger charge is -1.96. The van der Waals surface area contributed by atoms with E-state index < -0.39 is 0 Å². The van der Waals surface area contributed by atoms with Crippen LogP contribution < -0.4 is 0 Å². The van der Waals surface area contributed by atoms with Crippen LogP contribution >= 0.6 is 9.24 Å². The minimum Gasteiger partial charge on any atom is -0.135 e. The Morgan fingerprint density at radius 2 is 2.43 bits per heavy atom. The van der Waals surface area contributed by atoms with Crippen LogP contribution in [0.2, 0.25) is 0 Å². The van der Waals surface area contributed by atoms with Crippen molar-refractivity contribution in [1.29, 1.82) is 0 Å². The van der Waals surface area contributed by atoms with Crippen molar-refractivity contribution in [2.24, 2.45) is 0 Å². The normalized spacial score (nSPS) is 13.4. The van der Waals surface area contributed by atoms with Gasteiger partial charge in [-0.1, -0.05) is 13.0 Å². The minimum absolute atomic E-state index is 0.748. The maximum absolute atomic E-state index is 3.62. The molecule has 0 saturated carbocycles. The average Bonchev–Trinajstić information content (AvgIpc) is 1.61. The maximum atomic E-state index is 3.62. The molecule has 0 saturated heterocycles. The Morgan fingerprint density at radius 3 is 2.57 bits per heavy atom. The summed E-state index contributed by atoms with van der Waals surface area (Å²) in [6.45, 7) is 5.81. The van der Waals surface area contributed by atoms with E-state index in [4.69, 9.17) is 0 Å². The molecule has 0 radical (unpaired) electrons. The molecule has 0 aromatic rings. The second kappa shape index (κ2) is 4.33. The van der Waals surface area contributed by atoms with Gasteiger partial charge in [0.2, 0.25) is 0 Å². The van der Waals surface area contributed by atoms with E-state index in [1.54, 1.807) is 0 Å². The topological polar surface area (TPSA) is 0 Å². The van der Waals surface area contributed by atoms with Gasteiger partial charge in [-0.05, 0) is 18.5 Å². The Hall–Kier alpha value is 0.170. The summed E-state index contributed by atoms with van der Waals surface area (Å²) in [5, 5.41) is 0. The molecule has 0 spiro atoms. The molecule has 0 nitrogen and oxygen atoms in total. The molecule has 0 aliphatic heterocycles. The van der Waals surface area contributed by atoms with E-state index in [0.29, 0.717) is 0 Å². The van der Waals surface area contributed by atoms with E-state index >= 15 is 0 Å². The van der Waals surface area contributed by atoms with Crippen LogP contribution in [-0.2, 0) is 0 Å². The van der Waals surface area contributed by atoms with Crippen molar-refractivity contribution in [3.05, 3.63) is 12.7 Å². The molecule has 0 bridgehead atoms. The zero-order valence-corrected chi connectivity index (χ0v) is 6.01. The van der Waals surface area contributed by atoms with Crippen molar-refractivity contribution < 1.29 is 0 Å². The van der Waals surface area contributed by atoms with Gasteiger partial charge in [0.05, 0.1) is 0 Å². The summed E-state index contributed by atoms with van der Waals surface area (Å²) >= 11 is 0. The quantitative estimate of drug-likeness (QED) is 0.391. The van der Waals surface area contributed by atoms with E-state index in [1.807, 2.05) is 6.08 Å². The van der Waals surface area contributed by atoms with Crippen molar-refractivity contribution in [3.63, 3.8) is 0 Å². The molecule has 42 valence electrons. The second-order valence-corrected chi connectivity index (χ2v) is 2.98. The lowest BCUT2D eigenvalue weighted by atomic mass is 10.2. The van der Waals surface area contributed by atoms with Crippen LogP contribution in [0.25, 0.3) is 0 Å². The average molecular weight is 116 g/mol. The molecule has 2 atom stereocenters. The van der Waals surface area contributed by atoms with Crippen LogP contribution in [-0.4, -0.2) is 5.66 Å². The van der Waals surface area contributed by atoms with Gasteiger partial charge in [-0.3, -0.25) is 0 Å². The van der Waals surface area contributed by atoms with Gasteiger partial charge in [-0.2, -0.15) is 0 Å². The largest absolute Gasteiger partial charge is 0.135 e. The molecule has 0 amide bonds. The molecule has 0 aliphatic carbocycles. The van der Waals surface area contributed by atoms with Crippen LogP contribution in [0, 0.1) is 0 Å². The first-order chi connectivity index (χ1) is 3.27. The Kier molecular flexibility index (Phi) is 4.44. The standard InChI is InChI=1S/C6H13P/c1-3-4-5-6(2)7/h3,6H,1,4-5,7H2,2H3. The molecule has 0 aliphatic rings. The molecule has 0 fully saturated rings. The van der Waals surface area contributed by atoms with Gasteiger partial charge >= 0.3 is 0 Å². The molecular weight excluding hydrogens is 103 g/mol. The van der Waals surface area contributed by atoms with E-state index in [2.05, 4.69) is 22.7 Å². The van der Waals surface area contributed by atoms with Gasteiger partial charge in [-0.25, -0.2) is 0 Å². The lowest BCUT2D eigenvalue weighted by molar-refractivity contribution is 0.834. The molecule has 7 heavy (non-hydrogen) atoms. The predicted octanol–water partition coefficient (Wildman–Crippen LogP) is 2.22. The first-order valence-electron chi connectivity index (χ1n) is 2.64. The SMILES string of the molecule is C=CCCC(C)P. The van der Waals surface area contributed by atoms with E-state index in [0.717, 1.165) is 12.1 Å². The third kappa shape index (κ3) is 6.17. The number of hydrogen-bond acceptors (Lipinski definition) is 0. The highest BCUT2D eigenvalue weighted by atomic mass is 31.0. The van der Waals surface area contributed by atoms with Crippen LogP contribution in [0.15, 0.2) is 12.7 Å². The van der Waals surface area contributed by atoms with Crippen molar-refractivity contribution in [2.45, 2.75) is 25.4 Å². The summed E-state index contributed by atoms with van der Waals surface area (Å²) in [7, 11) is 2.76. The van der Waals surface area contributed by atoms with Gasteiger partial charge in [-0.15, -0.1) is 15.8 Å². The first-order valence-corrected chi connectivity index (χ1v) is 3.30. The van der Waals surface area contributed by atoms with Gasteiger partial charge < -0.3 is 0 Å². The second-order valence-electron chi connectivity index (χ2n) is 1.84. The smallest absolute Gasteiger partial charge is 0.0290 e. The van der Waals surface area contributed by atoms with E-state index in [9.17, 15) is 0 Å². The molecule has 0 N–H and O–H groups in total. The molecule has 0 rings (SSSR count). The van der Waals surface area contributed by atoms with Gasteiger partial charge in [0.25, 0.3) is 0 Å². The Morgan fingerprint density at radius 1 is 1.86 bits per heavy atom. The van der Waals surface area contributed by atoms with Gasteiger partial charge in [0, 0.05) is 0 Å². The summed E-state index contributed by atoms with van der Waals surface area (Å²) in [5.74, 6) is 0. The molecule has 0 heterocycles. The third-order valence-electron chi connectivity index (χ3n) is 0.826. The van der Waals surface area contributed by atoms with Crippen molar-refractivity contribution in [2.75, 3.05) is 0 Å². The van der Waals surface area contributed by atoms with E-state index in [1.165, 1.54) is 6.42 Å². The molecule has 2 unspecified atom stereocenters. The number of allylic oxidation sites excluding steroid dienone is 1. The molecule has 0 aromatic heterocycles. The Bertz CT molecular complexity index is 48.1. The van der Waals surface area contributed by atoms with Crippen LogP contribution in [0.4, 0.5) is 0 Å². The van der Waals surface area contributed by atoms with Crippen molar-refractivity contribution in [3.8, 4) is 0 Å².